The molecule has 2 N–H and O–H groups in total. The van der Waals surface area contributed by atoms with Gasteiger partial charge in [0.2, 0.25) is 0 Å². The summed E-state index contributed by atoms with van der Waals surface area (Å²) in [5, 5.41) is 3.69. The molecule has 0 fully saturated rings. The molecule has 5 nitrogen and oxygen atoms in total. The van der Waals surface area contributed by atoms with Crippen LogP contribution >= 0.6 is 0 Å². The van der Waals surface area contributed by atoms with Crippen LogP contribution < -0.4 is 4.83 Å². The van der Waals surface area contributed by atoms with Crippen LogP contribution in [-0.4, -0.2) is 19.6 Å². The van der Waals surface area contributed by atoms with Gasteiger partial charge in [0.15, 0.2) is 0 Å². The van der Waals surface area contributed by atoms with Gasteiger partial charge in [-0.25, -0.2) is 4.83 Å². The van der Waals surface area contributed by atoms with Gasteiger partial charge in [-0.15, -0.1) is 0 Å². The van der Waals surface area contributed by atoms with E-state index in [4.69, 9.17) is 0 Å². The van der Waals surface area contributed by atoms with E-state index in [1.165, 1.54) is 6.21 Å². The van der Waals surface area contributed by atoms with Gasteiger partial charge in [-0.3, -0.25) is 0 Å². The van der Waals surface area contributed by atoms with Crippen LogP contribution in [-0.2, 0) is 10.0 Å². The summed E-state index contributed by atoms with van der Waals surface area (Å²) >= 11 is 0. The van der Waals surface area contributed by atoms with Gasteiger partial charge in [0, 0.05) is 6.20 Å². The highest BCUT2D eigenvalue weighted by atomic mass is 32.2. The van der Waals surface area contributed by atoms with Gasteiger partial charge in [0.05, 0.1) is 16.8 Å². The van der Waals surface area contributed by atoms with Crippen molar-refractivity contribution in [3.63, 3.8) is 0 Å². The van der Waals surface area contributed by atoms with Crippen LogP contribution in [0, 0.1) is 6.92 Å². The number of aromatic nitrogens is 1. The number of nitrogens with zero attached hydrogens (tertiary/aromatic N) is 1. The number of hydrogen-bond donors (Lipinski definition) is 2. The molecule has 0 radical (unpaired) electrons. The number of hydrogen-bond acceptors (Lipinski definition) is 3. The molecule has 1 aromatic carbocycles. The van der Waals surface area contributed by atoms with E-state index in [1.54, 1.807) is 42.6 Å². The predicted molar refractivity (Wildman–Crippen MR) is 69.9 cm³/mol. The highest BCUT2D eigenvalue weighted by molar-refractivity contribution is 7.89. The zero-order valence-electron chi connectivity index (χ0n) is 9.79. The van der Waals surface area contributed by atoms with Gasteiger partial charge in [-0.2, -0.15) is 13.5 Å². The molecule has 94 valence electrons. The Morgan fingerprint density at radius 1 is 1.22 bits per heavy atom. The van der Waals surface area contributed by atoms with Crippen LogP contribution in [0.1, 0.15) is 11.3 Å². The lowest BCUT2D eigenvalue weighted by Gasteiger charge is -2.03. The van der Waals surface area contributed by atoms with Crippen LogP contribution in [0.15, 0.2) is 52.6 Å². The Hall–Kier alpha value is -2.08. The molecule has 1 heterocycles. The highest BCUT2D eigenvalue weighted by Crippen LogP contribution is 2.09. The fraction of sp³-hybridized carbons (Fsp3) is 0.0833. The van der Waals surface area contributed by atoms with Crippen molar-refractivity contribution < 1.29 is 8.42 Å². The quantitative estimate of drug-likeness (QED) is 0.650. The first-order chi connectivity index (χ1) is 8.58. The SMILES string of the molecule is Cc1ccc(S(=O)(=O)NN=Cc2ccc[nH]2)cc1. The van der Waals surface area contributed by atoms with Crippen LogP contribution in [0.3, 0.4) is 0 Å². The molecule has 0 atom stereocenters. The summed E-state index contributed by atoms with van der Waals surface area (Å²) in [7, 11) is -3.59. The average molecular weight is 263 g/mol. The second kappa shape index (κ2) is 5.05. The monoisotopic (exact) mass is 263 g/mol. The second-order valence-electron chi connectivity index (χ2n) is 3.79. The van der Waals surface area contributed by atoms with Gasteiger partial charge in [0.25, 0.3) is 10.0 Å². The van der Waals surface area contributed by atoms with Crippen molar-refractivity contribution in [2.24, 2.45) is 5.10 Å². The number of sulfonamides is 1. The zero-order chi connectivity index (χ0) is 13.0. The van der Waals surface area contributed by atoms with Gasteiger partial charge >= 0.3 is 0 Å². The van der Waals surface area contributed by atoms with E-state index >= 15 is 0 Å². The van der Waals surface area contributed by atoms with Crippen LogP contribution in [0.4, 0.5) is 0 Å². The van der Waals surface area contributed by atoms with Crippen molar-refractivity contribution >= 4 is 16.2 Å². The van der Waals surface area contributed by atoms with E-state index < -0.39 is 10.0 Å². The van der Waals surface area contributed by atoms with E-state index in [0.717, 1.165) is 11.3 Å². The lowest BCUT2D eigenvalue weighted by molar-refractivity contribution is 0.584. The summed E-state index contributed by atoms with van der Waals surface area (Å²) in [6.45, 7) is 1.90. The van der Waals surface area contributed by atoms with Gasteiger partial charge < -0.3 is 4.98 Å². The first-order valence-corrected chi connectivity index (χ1v) is 6.81. The number of nitrogens with one attached hydrogen (secondary N) is 2. The lowest BCUT2D eigenvalue weighted by Crippen LogP contribution is -2.18. The molecule has 0 unspecified atom stereocenters. The third-order valence-electron chi connectivity index (χ3n) is 2.33. The summed E-state index contributed by atoms with van der Waals surface area (Å²) in [5.41, 5.74) is 1.73. The first kappa shape index (κ1) is 12.4. The van der Waals surface area contributed by atoms with Crippen molar-refractivity contribution in [2.45, 2.75) is 11.8 Å². The van der Waals surface area contributed by atoms with Crippen molar-refractivity contribution in [3.8, 4) is 0 Å². The van der Waals surface area contributed by atoms with Crippen LogP contribution in [0.5, 0.6) is 0 Å². The average Bonchev–Trinajstić information content (AvgIpc) is 2.82. The van der Waals surface area contributed by atoms with Gasteiger partial charge in [-0.05, 0) is 31.2 Å². The molecule has 0 aliphatic rings. The maximum Gasteiger partial charge on any atom is 0.276 e. The molecular formula is C12H13N3O2S. The smallest absolute Gasteiger partial charge is 0.276 e. The third kappa shape index (κ3) is 2.98. The molecule has 2 rings (SSSR count). The zero-order valence-corrected chi connectivity index (χ0v) is 10.6. The molecule has 0 aliphatic carbocycles. The minimum absolute atomic E-state index is 0.191. The topological polar surface area (TPSA) is 74.3 Å². The summed E-state index contributed by atoms with van der Waals surface area (Å²) < 4.78 is 23.7. The van der Waals surface area contributed by atoms with E-state index in [2.05, 4.69) is 14.9 Å². The normalized spacial score (nSPS) is 11.8. The lowest BCUT2D eigenvalue weighted by atomic mass is 10.2. The number of H-pyrrole nitrogens is 1. The van der Waals surface area contributed by atoms with E-state index in [-0.39, 0.29) is 4.90 Å². The first-order valence-electron chi connectivity index (χ1n) is 5.33. The fourth-order valence-electron chi connectivity index (χ4n) is 1.36. The minimum atomic E-state index is -3.59. The molecular weight excluding hydrogens is 250 g/mol. The Bertz CT molecular complexity index is 628. The van der Waals surface area contributed by atoms with Gasteiger partial charge in [0.1, 0.15) is 0 Å². The second-order valence-corrected chi connectivity index (χ2v) is 5.45. The van der Waals surface area contributed by atoms with E-state index in [0.29, 0.717) is 0 Å². The minimum Gasteiger partial charge on any atom is -0.360 e. The summed E-state index contributed by atoms with van der Waals surface area (Å²) in [6, 6.07) is 10.1. The van der Waals surface area contributed by atoms with Crippen molar-refractivity contribution in [3.05, 3.63) is 53.9 Å². The van der Waals surface area contributed by atoms with Crippen molar-refractivity contribution in [1.82, 2.24) is 9.82 Å². The molecule has 6 heteroatoms. The van der Waals surface area contributed by atoms with Crippen molar-refractivity contribution in [2.75, 3.05) is 0 Å². The number of aromatic amines is 1. The Morgan fingerprint density at radius 2 is 1.94 bits per heavy atom. The number of hydrazone groups is 1. The van der Waals surface area contributed by atoms with Crippen molar-refractivity contribution in [1.29, 1.82) is 0 Å². The standard InChI is InChI=1S/C12H13N3O2S/c1-10-4-6-12(7-5-10)18(16,17)15-14-9-11-3-2-8-13-11/h2-9,13,15H,1H3. The predicted octanol–water partition coefficient (Wildman–Crippen LogP) is 1.64. The Morgan fingerprint density at radius 3 is 2.56 bits per heavy atom. The summed E-state index contributed by atoms with van der Waals surface area (Å²) in [5.74, 6) is 0. The van der Waals surface area contributed by atoms with E-state index in [1.807, 2.05) is 6.92 Å². The molecule has 0 amide bonds. The number of aryl methyl sites for hydroxylation is 1. The maximum absolute atomic E-state index is 11.8. The molecule has 0 saturated heterocycles. The number of benzene rings is 1. The molecule has 2 aromatic rings. The van der Waals surface area contributed by atoms with Gasteiger partial charge in [-0.1, -0.05) is 17.7 Å². The third-order valence-corrected chi connectivity index (χ3v) is 3.57. The molecule has 0 saturated carbocycles. The maximum atomic E-state index is 11.8. The molecule has 0 spiro atoms. The Labute approximate surface area is 106 Å². The molecule has 0 aliphatic heterocycles. The summed E-state index contributed by atoms with van der Waals surface area (Å²) in [6.07, 6.45) is 3.14. The number of rotatable bonds is 4. The Kier molecular flexibility index (Phi) is 3.47. The molecule has 0 bridgehead atoms. The molecule has 18 heavy (non-hydrogen) atoms. The Balaban J connectivity index is 2.10. The van der Waals surface area contributed by atoms with Crippen LogP contribution in [0.2, 0.25) is 0 Å². The van der Waals surface area contributed by atoms with E-state index in [9.17, 15) is 8.42 Å². The largest absolute Gasteiger partial charge is 0.360 e. The summed E-state index contributed by atoms with van der Waals surface area (Å²) in [4.78, 5) is 5.23. The highest BCUT2D eigenvalue weighted by Gasteiger charge is 2.11. The fourth-order valence-corrected chi connectivity index (χ4v) is 2.15. The van der Waals surface area contributed by atoms with Crippen LogP contribution in [0.25, 0.3) is 0 Å². The molecule has 1 aromatic heterocycles.